The Labute approximate surface area is 83.6 Å². The molecule has 3 nitrogen and oxygen atoms in total. The minimum absolute atomic E-state index is 0.137. The quantitative estimate of drug-likeness (QED) is 0.672. The van der Waals surface area contributed by atoms with Crippen molar-refractivity contribution >= 4 is 0 Å². The fourth-order valence-corrected chi connectivity index (χ4v) is 1.87. The van der Waals surface area contributed by atoms with Crippen molar-refractivity contribution in [3.63, 3.8) is 0 Å². The van der Waals surface area contributed by atoms with Gasteiger partial charge in [0.2, 0.25) is 0 Å². The first-order chi connectivity index (χ1) is 6.86. The smallest absolute Gasteiger partial charge is 0.0603 e. The molecule has 0 aliphatic carbocycles. The van der Waals surface area contributed by atoms with Gasteiger partial charge in [-0.3, -0.25) is 4.90 Å². The maximum Gasteiger partial charge on any atom is 0.0603 e. The molecule has 1 aromatic rings. The second-order valence-electron chi connectivity index (χ2n) is 3.66. The summed E-state index contributed by atoms with van der Waals surface area (Å²) in [6.07, 6.45) is 0. The fraction of sp³-hybridized carbons (Fsp3) is 0.455. The van der Waals surface area contributed by atoms with Gasteiger partial charge in [0, 0.05) is 6.54 Å². The normalized spacial score (nSPS) is 30.3. The molecule has 0 aromatic heterocycles. The van der Waals surface area contributed by atoms with Crippen LogP contribution in [0.15, 0.2) is 30.3 Å². The number of hydrogen-bond acceptors (Lipinski definition) is 3. The molecule has 3 atom stereocenters. The Bertz CT molecular complexity index is 279. The summed E-state index contributed by atoms with van der Waals surface area (Å²) in [5.74, 6) is 0. The first-order valence-electron chi connectivity index (χ1n) is 4.88. The lowest BCUT2D eigenvalue weighted by Crippen LogP contribution is -2.05. The number of rotatable bonds is 4. The number of aliphatic hydroxyl groups excluding tert-OH is 2. The van der Waals surface area contributed by atoms with Crippen LogP contribution in [0.2, 0.25) is 0 Å². The van der Waals surface area contributed by atoms with Gasteiger partial charge in [-0.1, -0.05) is 30.3 Å². The predicted octanol–water partition coefficient (Wildman–Crippen LogP) is 0.224. The molecular formula is C11H15NO2. The van der Waals surface area contributed by atoms with E-state index in [1.807, 2.05) is 18.2 Å². The first-order valence-corrected chi connectivity index (χ1v) is 4.88. The SMILES string of the molecule is OC[C@@H]1[C@H](CO)N1Cc1ccccc1. The lowest BCUT2D eigenvalue weighted by molar-refractivity contribution is 0.269. The fourth-order valence-electron chi connectivity index (χ4n) is 1.87. The first kappa shape index (κ1) is 9.65. The molecule has 0 radical (unpaired) electrons. The van der Waals surface area contributed by atoms with Crippen molar-refractivity contribution in [3.05, 3.63) is 35.9 Å². The molecule has 1 saturated heterocycles. The maximum atomic E-state index is 9.00. The van der Waals surface area contributed by atoms with Gasteiger partial charge >= 0.3 is 0 Å². The largest absolute Gasteiger partial charge is 0.395 e. The molecule has 1 fully saturated rings. The summed E-state index contributed by atoms with van der Waals surface area (Å²) in [6, 6.07) is 10.4. The van der Waals surface area contributed by atoms with E-state index >= 15 is 0 Å². The standard InChI is InChI=1S/C11H15NO2/c13-7-10-11(8-14)12(10)6-9-4-2-1-3-5-9/h1-5,10-11,13-14H,6-8H2/t10-,11+,12?. The lowest BCUT2D eigenvalue weighted by Gasteiger charge is -2.02. The highest BCUT2D eigenvalue weighted by Gasteiger charge is 2.45. The second-order valence-corrected chi connectivity index (χ2v) is 3.66. The van der Waals surface area contributed by atoms with Crippen LogP contribution in [0.5, 0.6) is 0 Å². The van der Waals surface area contributed by atoms with Crippen LogP contribution in [0.3, 0.4) is 0 Å². The molecule has 1 unspecified atom stereocenters. The van der Waals surface area contributed by atoms with Gasteiger partial charge in [-0.2, -0.15) is 0 Å². The van der Waals surface area contributed by atoms with Gasteiger partial charge in [-0.05, 0) is 5.56 Å². The molecule has 14 heavy (non-hydrogen) atoms. The number of hydrogen-bond donors (Lipinski definition) is 2. The van der Waals surface area contributed by atoms with Crippen LogP contribution < -0.4 is 0 Å². The van der Waals surface area contributed by atoms with Crippen LogP contribution >= 0.6 is 0 Å². The van der Waals surface area contributed by atoms with Crippen LogP contribution in [0.1, 0.15) is 5.56 Å². The molecule has 2 rings (SSSR count). The maximum absolute atomic E-state index is 9.00. The third-order valence-corrected chi connectivity index (χ3v) is 2.79. The Hall–Kier alpha value is -0.900. The minimum Gasteiger partial charge on any atom is -0.395 e. The van der Waals surface area contributed by atoms with Gasteiger partial charge in [0.05, 0.1) is 25.3 Å². The summed E-state index contributed by atoms with van der Waals surface area (Å²) in [5, 5.41) is 18.0. The van der Waals surface area contributed by atoms with Gasteiger partial charge in [0.25, 0.3) is 0 Å². The minimum atomic E-state index is 0.137. The zero-order chi connectivity index (χ0) is 9.97. The zero-order valence-electron chi connectivity index (χ0n) is 8.00. The lowest BCUT2D eigenvalue weighted by atomic mass is 10.2. The van der Waals surface area contributed by atoms with Crippen LogP contribution in [0.25, 0.3) is 0 Å². The number of nitrogens with zero attached hydrogens (tertiary/aromatic N) is 1. The zero-order valence-corrected chi connectivity index (χ0v) is 8.00. The average Bonchev–Trinajstić information content (AvgIpc) is 2.91. The Kier molecular flexibility index (Phi) is 2.82. The molecule has 1 aliphatic heterocycles. The average molecular weight is 193 g/mol. The van der Waals surface area contributed by atoms with Gasteiger partial charge in [0.15, 0.2) is 0 Å². The highest BCUT2D eigenvalue weighted by molar-refractivity contribution is 5.17. The molecule has 1 heterocycles. The van der Waals surface area contributed by atoms with E-state index in [-0.39, 0.29) is 25.3 Å². The van der Waals surface area contributed by atoms with Gasteiger partial charge in [-0.25, -0.2) is 0 Å². The van der Waals surface area contributed by atoms with Crippen molar-refractivity contribution in [2.75, 3.05) is 13.2 Å². The van der Waals surface area contributed by atoms with Gasteiger partial charge in [0.1, 0.15) is 0 Å². The molecule has 1 aliphatic rings. The van der Waals surface area contributed by atoms with Crippen molar-refractivity contribution < 1.29 is 10.2 Å². The van der Waals surface area contributed by atoms with E-state index in [2.05, 4.69) is 17.0 Å². The molecule has 1 aromatic carbocycles. The topological polar surface area (TPSA) is 43.5 Å². The van der Waals surface area contributed by atoms with E-state index in [1.165, 1.54) is 5.56 Å². The highest BCUT2D eigenvalue weighted by atomic mass is 16.3. The monoisotopic (exact) mass is 193 g/mol. The van der Waals surface area contributed by atoms with Crippen LogP contribution in [0.4, 0.5) is 0 Å². The van der Waals surface area contributed by atoms with Crippen molar-refractivity contribution in [1.82, 2.24) is 4.90 Å². The van der Waals surface area contributed by atoms with E-state index in [4.69, 9.17) is 10.2 Å². The number of aliphatic hydroxyl groups is 2. The predicted molar refractivity (Wildman–Crippen MR) is 53.7 cm³/mol. The van der Waals surface area contributed by atoms with Gasteiger partial charge < -0.3 is 10.2 Å². The van der Waals surface area contributed by atoms with Crippen molar-refractivity contribution in [1.29, 1.82) is 0 Å². The highest BCUT2D eigenvalue weighted by Crippen LogP contribution is 2.29. The Balaban J connectivity index is 1.94. The third-order valence-electron chi connectivity index (χ3n) is 2.79. The summed E-state index contributed by atoms with van der Waals surface area (Å²) >= 11 is 0. The van der Waals surface area contributed by atoms with Crippen molar-refractivity contribution in [2.24, 2.45) is 0 Å². The van der Waals surface area contributed by atoms with E-state index in [1.54, 1.807) is 0 Å². The molecular weight excluding hydrogens is 178 g/mol. The Morgan fingerprint density at radius 2 is 1.57 bits per heavy atom. The van der Waals surface area contributed by atoms with E-state index in [0.29, 0.717) is 0 Å². The third kappa shape index (κ3) is 1.80. The number of benzene rings is 1. The van der Waals surface area contributed by atoms with Crippen LogP contribution in [-0.4, -0.2) is 40.4 Å². The Morgan fingerprint density at radius 1 is 1.00 bits per heavy atom. The summed E-state index contributed by atoms with van der Waals surface area (Å²) < 4.78 is 0. The van der Waals surface area contributed by atoms with Crippen molar-refractivity contribution in [3.8, 4) is 0 Å². The molecule has 76 valence electrons. The summed E-state index contributed by atoms with van der Waals surface area (Å²) in [6.45, 7) is 1.09. The van der Waals surface area contributed by atoms with E-state index in [0.717, 1.165) is 6.54 Å². The summed E-state index contributed by atoms with van der Waals surface area (Å²) in [4.78, 5) is 2.11. The molecule has 0 amide bonds. The van der Waals surface area contributed by atoms with E-state index in [9.17, 15) is 0 Å². The van der Waals surface area contributed by atoms with Crippen molar-refractivity contribution in [2.45, 2.75) is 18.6 Å². The van der Waals surface area contributed by atoms with E-state index < -0.39 is 0 Å². The van der Waals surface area contributed by atoms with Crippen LogP contribution in [0, 0.1) is 0 Å². The summed E-state index contributed by atoms with van der Waals surface area (Å²) in [7, 11) is 0. The molecule has 3 heteroatoms. The van der Waals surface area contributed by atoms with Crippen LogP contribution in [-0.2, 0) is 6.54 Å². The molecule has 0 spiro atoms. The second kappa shape index (κ2) is 4.09. The molecule has 0 bridgehead atoms. The summed E-state index contributed by atoms with van der Waals surface area (Å²) in [5.41, 5.74) is 1.22. The Morgan fingerprint density at radius 3 is 2.07 bits per heavy atom. The molecule has 2 N–H and O–H groups in total. The molecule has 0 saturated carbocycles. The van der Waals surface area contributed by atoms with Gasteiger partial charge in [-0.15, -0.1) is 0 Å².